The highest BCUT2D eigenvalue weighted by Crippen LogP contribution is 2.32. The third kappa shape index (κ3) is 3.05. The number of rotatable bonds is 5. The molecule has 0 aliphatic heterocycles. The molecule has 0 amide bonds. The van der Waals surface area contributed by atoms with E-state index < -0.39 is 0 Å². The predicted octanol–water partition coefficient (Wildman–Crippen LogP) is 3.55. The fourth-order valence-electron chi connectivity index (χ4n) is 2.65. The SMILES string of the molecule is Cc1ccc(CCCO)c(OC2CCCC2)c1C. The van der Waals surface area contributed by atoms with Gasteiger partial charge in [0.15, 0.2) is 0 Å². The molecular weight excluding hydrogens is 224 g/mol. The van der Waals surface area contributed by atoms with Gasteiger partial charge in [0, 0.05) is 6.61 Å². The maximum atomic E-state index is 8.99. The van der Waals surface area contributed by atoms with Gasteiger partial charge in [0.1, 0.15) is 5.75 Å². The van der Waals surface area contributed by atoms with Crippen LogP contribution in [0.2, 0.25) is 0 Å². The Morgan fingerprint density at radius 3 is 2.61 bits per heavy atom. The summed E-state index contributed by atoms with van der Waals surface area (Å²) in [4.78, 5) is 0. The molecule has 0 aromatic heterocycles. The third-order valence-electron chi connectivity index (χ3n) is 3.95. The molecule has 0 unspecified atom stereocenters. The monoisotopic (exact) mass is 248 g/mol. The summed E-state index contributed by atoms with van der Waals surface area (Å²) in [6.45, 7) is 4.52. The molecule has 0 saturated heterocycles. The summed E-state index contributed by atoms with van der Waals surface area (Å²) in [5, 5.41) is 8.99. The molecule has 1 saturated carbocycles. The zero-order valence-electron chi connectivity index (χ0n) is 11.5. The Labute approximate surface area is 110 Å². The number of ether oxygens (including phenoxy) is 1. The van der Waals surface area contributed by atoms with Crippen LogP contribution in [-0.2, 0) is 6.42 Å². The van der Waals surface area contributed by atoms with Gasteiger partial charge in [0.25, 0.3) is 0 Å². The highest BCUT2D eigenvalue weighted by Gasteiger charge is 2.19. The second kappa shape index (κ2) is 6.24. The molecule has 1 N–H and O–H groups in total. The van der Waals surface area contributed by atoms with E-state index in [9.17, 15) is 0 Å². The minimum Gasteiger partial charge on any atom is -0.490 e. The molecule has 0 spiro atoms. The fourth-order valence-corrected chi connectivity index (χ4v) is 2.65. The van der Waals surface area contributed by atoms with Gasteiger partial charge in [0.05, 0.1) is 6.10 Å². The minimum absolute atomic E-state index is 0.246. The highest BCUT2D eigenvalue weighted by atomic mass is 16.5. The van der Waals surface area contributed by atoms with Gasteiger partial charge in [-0.1, -0.05) is 12.1 Å². The van der Waals surface area contributed by atoms with Gasteiger partial charge in [-0.3, -0.25) is 0 Å². The van der Waals surface area contributed by atoms with Crippen LogP contribution in [0.15, 0.2) is 12.1 Å². The van der Waals surface area contributed by atoms with Crippen molar-refractivity contribution in [3.05, 3.63) is 28.8 Å². The van der Waals surface area contributed by atoms with E-state index in [1.165, 1.54) is 42.4 Å². The summed E-state index contributed by atoms with van der Waals surface area (Å²) in [6.07, 6.45) is 7.07. The lowest BCUT2D eigenvalue weighted by Crippen LogP contribution is -2.13. The molecule has 2 rings (SSSR count). The number of benzene rings is 1. The average molecular weight is 248 g/mol. The predicted molar refractivity (Wildman–Crippen MR) is 74.2 cm³/mol. The molecule has 1 aromatic rings. The molecule has 18 heavy (non-hydrogen) atoms. The minimum atomic E-state index is 0.246. The van der Waals surface area contributed by atoms with Gasteiger partial charge >= 0.3 is 0 Å². The van der Waals surface area contributed by atoms with Crippen molar-refractivity contribution in [3.63, 3.8) is 0 Å². The van der Waals surface area contributed by atoms with Crippen LogP contribution in [0.4, 0.5) is 0 Å². The molecule has 1 aliphatic rings. The van der Waals surface area contributed by atoms with Crippen molar-refractivity contribution in [1.29, 1.82) is 0 Å². The topological polar surface area (TPSA) is 29.5 Å². The quantitative estimate of drug-likeness (QED) is 0.863. The van der Waals surface area contributed by atoms with E-state index in [1.54, 1.807) is 0 Å². The van der Waals surface area contributed by atoms with E-state index in [2.05, 4.69) is 26.0 Å². The number of aryl methyl sites for hydroxylation is 2. The van der Waals surface area contributed by atoms with Gasteiger partial charge in [-0.25, -0.2) is 0 Å². The first kappa shape index (κ1) is 13.4. The van der Waals surface area contributed by atoms with E-state index in [-0.39, 0.29) is 6.61 Å². The van der Waals surface area contributed by atoms with Crippen molar-refractivity contribution in [1.82, 2.24) is 0 Å². The summed E-state index contributed by atoms with van der Waals surface area (Å²) in [5.74, 6) is 1.08. The molecule has 0 radical (unpaired) electrons. The number of aliphatic hydroxyl groups excluding tert-OH is 1. The Balaban J connectivity index is 2.19. The number of aliphatic hydroxyl groups is 1. The van der Waals surface area contributed by atoms with Crippen LogP contribution in [0.1, 0.15) is 48.8 Å². The largest absolute Gasteiger partial charge is 0.490 e. The van der Waals surface area contributed by atoms with Crippen LogP contribution in [0.3, 0.4) is 0 Å². The van der Waals surface area contributed by atoms with Gasteiger partial charge in [-0.2, -0.15) is 0 Å². The molecule has 2 heteroatoms. The molecule has 1 aliphatic carbocycles. The number of hydrogen-bond donors (Lipinski definition) is 1. The zero-order valence-corrected chi connectivity index (χ0v) is 11.5. The van der Waals surface area contributed by atoms with Gasteiger partial charge in [-0.05, 0) is 69.1 Å². The molecule has 1 aromatic carbocycles. The first-order valence-corrected chi connectivity index (χ1v) is 7.09. The Hall–Kier alpha value is -1.02. The Bertz CT molecular complexity index is 392. The lowest BCUT2D eigenvalue weighted by atomic mass is 10.0. The lowest BCUT2D eigenvalue weighted by molar-refractivity contribution is 0.205. The fraction of sp³-hybridized carbons (Fsp3) is 0.625. The van der Waals surface area contributed by atoms with Gasteiger partial charge in [0.2, 0.25) is 0 Å². The summed E-state index contributed by atoms with van der Waals surface area (Å²) in [6, 6.07) is 4.31. The highest BCUT2D eigenvalue weighted by molar-refractivity contribution is 5.45. The number of hydrogen-bond acceptors (Lipinski definition) is 2. The normalized spacial score (nSPS) is 16.2. The smallest absolute Gasteiger partial charge is 0.126 e. The van der Waals surface area contributed by atoms with Crippen molar-refractivity contribution < 1.29 is 9.84 Å². The summed E-state index contributed by atoms with van der Waals surface area (Å²) < 4.78 is 6.23. The van der Waals surface area contributed by atoms with E-state index in [0.29, 0.717) is 6.10 Å². The molecule has 0 bridgehead atoms. The van der Waals surface area contributed by atoms with Crippen LogP contribution in [0.5, 0.6) is 5.75 Å². The molecule has 1 fully saturated rings. The summed E-state index contributed by atoms with van der Waals surface area (Å²) in [5.41, 5.74) is 3.80. The van der Waals surface area contributed by atoms with Gasteiger partial charge in [-0.15, -0.1) is 0 Å². The lowest BCUT2D eigenvalue weighted by Gasteiger charge is -2.20. The summed E-state index contributed by atoms with van der Waals surface area (Å²) in [7, 11) is 0. The second-order valence-corrected chi connectivity index (χ2v) is 5.35. The van der Waals surface area contributed by atoms with Crippen LogP contribution in [-0.4, -0.2) is 17.8 Å². The first-order chi connectivity index (χ1) is 8.72. The Kier molecular flexibility index (Phi) is 4.65. The summed E-state index contributed by atoms with van der Waals surface area (Å²) >= 11 is 0. The maximum Gasteiger partial charge on any atom is 0.126 e. The van der Waals surface area contributed by atoms with Crippen molar-refractivity contribution in [3.8, 4) is 5.75 Å². The third-order valence-corrected chi connectivity index (χ3v) is 3.95. The van der Waals surface area contributed by atoms with E-state index in [1.807, 2.05) is 0 Å². The van der Waals surface area contributed by atoms with Crippen molar-refractivity contribution in [2.45, 2.75) is 58.5 Å². The van der Waals surface area contributed by atoms with Crippen molar-refractivity contribution in [2.24, 2.45) is 0 Å². The Morgan fingerprint density at radius 1 is 1.22 bits per heavy atom. The van der Waals surface area contributed by atoms with E-state index in [4.69, 9.17) is 9.84 Å². The Morgan fingerprint density at radius 2 is 1.94 bits per heavy atom. The van der Waals surface area contributed by atoms with Crippen molar-refractivity contribution >= 4 is 0 Å². The van der Waals surface area contributed by atoms with Crippen molar-refractivity contribution in [2.75, 3.05) is 6.61 Å². The maximum absolute atomic E-state index is 8.99. The molecular formula is C16H24O2. The van der Waals surface area contributed by atoms with E-state index >= 15 is 0 Å². The first-order valence-electron chi connectivity index (χ1n) is 7.09. The van der Waals surface area contributed by atoms with E-state index in [0.717, 1.165) is 18.6 Å². The van der Waals surface area contributed by atoms with Crippen LogP contribution in [0, 0.1) is 13.8 Å². The standard InChI is InChI=1S/C16H24O2/c1-12-9-10-14(6-5-11-17)16(13(12)2)18-15-7-3-4-8-15/h9-10,15,17H,3-8,11H2,1-2H3. The molecule has 0 atom stereocenters. The molecule has 0 heterocycles. The second-order valence-electron chi connectivity index (χ2n) is 5.35. The zero-order chi connectivity index (χ0) is 13.0. The molecule has 2 nitrogen and oxygen atoms in total. The molecule has 100 valence electrons. The van der Waals surface area contributed by atoms with Crippen LogP contribution < -0.4 is 4.74 Å². The van der Waals surface area contributed by atoms with Crippen LogP contribution in [0.25, 0.3) is 0 Å². The average Bonchev–Trinajstić information content (AvgIpc) is 2.87. The van der Waals surface area contributed by atoms with Crippen LogP contribution >= 0.6 is 0 Å². The van der Waals surface area contributed by atoms with Gasteiger partial charge < -0.3 is 9.84 Å².